The predicted octanol–water partition coefficient (Wildman–Crippen LogP) is 0.565. The van der Waals surface area contributed by atoms with Crippen LogP contribution in [0.15, 0.2) is 24.3 Å². The zero-order valence-electron chi connectivity index (χ0n) is 11.2. The maximum atomic E-state index is 11.9. The van der Waals surface area contributed by atoms with Gasteiger partial charge in [0.1, 0.15) is 12.7 Å². The first kappa shape index (κ1) is 14.1. The van der Waals surface area contributed by atoms with Gasteiger partial charge < -0.3 is 9.47 Å². The zero-order valence-corrected chi connectivity index (χ0v) is 12.1. The largest absolute Gasteiger partial charge is 0.486 e. The number of rotatable bonds is 4. The third kappa shape index (κ3) is 2.99. The van der Waals surface area contributed by atoms with Gasteiger partial charge in [-0.05, 0) is 12.1 Å². The van der Waals surface area contributed by atoms with Crippen LogP contribution in [-0.2, 0) is 10.2 Å². The van der Waals surface area contributed by atoms with Crippen molar-refractivity contribution >= 4 is 10.2 Å². The molecule has 0 saturated carbocycles. The fourth-order valence-electron chi connectivity index (χ4n) is 1.81. The van der Waals surface area contributed by atoms with Crippen molar-refractivity contribution < 1.29 is 17.9 Å². The third-order valence-corrected chi connectivity index (χ3v) is 4.74. The Hall–Kier alpha value is -1.31. The molecule has 7 heteroatoms. The highest BCUT2D eigenvalue weighted by molar-refractivity contribution is 7.86. The van der Waals surface area contributed by atoms with Crippen molar-refractivity contribution in [2.24, 2.45) is 0 Å². The maximum Gasteiger partial charge on any atom is 0.281 e. The predicted molar refractivity (Wildman–Crippen MR) is 71.6 cm³/mol. The van der Waals surface area contributed by atoms with E-state index in [1.54, 1.807) is 0 Å². The second-order valence-corrected chi connectivity index (χ2v) is 6.82. The smallest absolute Gasteiger partial charge is 0.281 e. The first-order chi connectivity index (χ1) is 8.91. The van der Waals surface area contributed by atoms with Crippen LogP contribution >= 0.6 is 0 Å². The Morgan fingerprint density at radius 3 is 2.47 bits per heavy atom. The van der Waals surface area contributed by atoms with Crippen LogP contribution in [0.3, 0.4) is 0 Å². The van der Waals surface area contributed by atoms with Gasteiger partial charge in [0.25, 0.3) is 10.2 Å². The topological polar surface area (TPSA) is 59.1 Å². The third-order valence-electron chi connectivity index (χ3n) is 2.88. The molecule has 19 heavy (non-hydrogen) atoms. The van der Waals surface area contributed by atoms with Crippen molar-refractivity contribution in [2.75, 3.05) is 34.3 Å². The van der Waals surface area contributed by atoms with Crippen molar-refractivity contribution in [3.05, 3.63) is 24.3 Å². The standard InChI is InChI=1S/C12H18N2O4S/c1-13(2)19(15,16)14(3)8-10-9-17-11-6-4-5-7-12(11)18-10/h4-7,10H,8-9H2,1-3H3/t10-/m0/s1. The Labute approximate surface area is 113 Å². The summed E-state index contributed by atoms with van der Waals surface area (Å²) in [5, 5.41) is 0. The van der Waals surface area contributed by atoms with Crippen molar-refractivity contribution in [1.82, 2.24) is 8.61 Å². The SMILES string of the molecule is CN(C)S(=O)(=O)N(C)C[C@H]1COc2ccccc2O1. The van der Waals surface area contributed by atoms with Gasteiger partial charge in [-0.15, -0.1) is 0 Å². The van der Waals surface area contributed by atoms with E-state index >= 15 is 0 Å². The average molecular weight is 286 g/mol. The summed E-state index contributed by atoms with van der Waals surface area (Å²) < 4.78 is 37.5. The van der Waals surface area contributed by atoms with Crippen molar-refractivity contribution in [1.29, 1.82) is 0 Å². The second kappa shape index (κ2) is 5.36. The molecule has 6 nitrogen and oxygen atoms in total. The number of benzene rings is 1. The van der Waals surface area contributed by atoms with Gasteiger partial charge in [0.05, 0.1) is 6.54 Å². The molecule has 1 aromatic carbocycles. The highest BCUT2D eigenvalue weighted by Gasteiger charge is 2.27. The highest BCUT2D eigenvalue weighted by atomic mass is 32.2. The van der Waals surface area contributed by atoms with Crippen LogP contribution < -0.4 is 9.47 Å². The van der Waals surface area contributed by atoms with Crippen LogP contribution in [0.25, 0.3) is 0 Å². The minimum absolute atomic E-state index is 0.245. The molecule has 0 radical (unpaired) electrons. The number of fused-ring (bicyclic) bond motifs is 1. The van der Waals surface area contributed by atoms with Gasteiger partial charge in [0, 0.05) is 21.1 Å². The molecular weight excluding hydrogens is 268 g/mol. The lowest BCUT2D eigenvalue weighted by Crippen LogP contribution is -2.45. The molecule has 1 aliphatic rings. The van der Waals surface area contributed by atoms with Crippen LogP contribution in [0, 0.1) is 0 Å². The normalized spacial score (nSPS) is 18.9. The Morgan fingerprint density at radius 1 is 1.21 bits per heavy atom. The minimum atomic E-state index is -3.42. The highest BCUT2D eigenvalue weighted by Crippen LogP contribution is 2.31. The van der Waals surface area contributed by atoms with E-state index in [1.165, 1.54) is 29.8 Å². The summed E-state index contributed by atoms with van der Waals surface area (Å²) in [6.45, 7) is 0.582. The molecule has 0 bridgehead atoms. The Bertz CT molecular complexity index is 544. The summed E-state index contributed by atoms with van der Waals surface area (Å²) in [5.41, 5.74) is 0. The van der Waals surface area contributed by atoms with Gasteiger partial charge in [0.15, 0.2) is 11.5 Å². The molecule has 0 amide bonds. The summed E-state index contributed by atoms with van der Waals surface area (Å²) in [5.74, 6) is 1.34. The summed E-state index contributed by atoms with van der Waals surface area (Å²) >= 11 is 0. The Kier molecular flexibility index (Phi) is 3.98. The molecular formula is C12H18N2O4S. The lowest BCUT2D eigenvalue weighted by atomic mass is 10.2. The van der Waals surface area contributed by atoms with E-state index in [2.05, 4.69) is 0 Å². The summed E-state index contributed by atoms with van der Waals surface area (Å²) in [6.07, 6.45) is -0.311. The van der Waals surface area contributed by atoms with Gasteiger partial charge in [-0.1, -0.05) is 12.1 Å². The summed E-state index contributed by atoms with van der Waals surface area (Å²) in [7, 11) is 1.10. The van der Waals surface area contributed by atoms with Gasteiger partial charge in [-0.3, -0.25) is 0 Å². The number of hydrogen-bond donors (Lipinski definition) is 0. The fraction of sp³-hybridized carbons (Fsp3) is 0.500. The Morgan fingerprint density at radius 2 is 1.84 bits per heavy atom. The molecule has 2 rings (SSSR count). The molecule has 0 unspecified atom stereocenters. The van der Waals surface area contributed by atoms with E-state index < -0.39 is 10.2 Å². The first-order valence-corrected chi connectivity index (χ1v) is 7.33. The van der Waals surface area contributed by atoms with E-state index in [0.29, 0.717) is 18.1 Å². The average Bonchev–Trinajstić information content (AvgIpc) is 2.38. The number of ether oxygens (including phenoxy) is 2. The van der Waals surface area contributed by atoms with Crippen molar-refractivity contribution in [3.8, 4) is 11.5 Å². The molecule has 1 aromatic rings. The molecule has 106 valence electrons. The van der Waals surface area contributed by atoms with Crippen LogP contribution in [0.4, 0.5) is 0 Å². The lowest BCUT2D eigenvalue weighted by Gasteiger charge is -2.30. The fourth-order valence-corrected chi connectivity index (χ4v) is 2.72. The summed E-state index contributed by atoms with van der Waals surface area (Å²) in [4.78, 5) is 0. The second-order valence-electron chi connectivity index (χ2n) is 4.57. The monoisotopic (exact) mass is 286 g/mol. The molecule has 0 saturated heterocycles. The molecule has 1 heterocycles. The van der Waals surface area contributed by atoms with E-state index in [4.69, 9.17) is 9.47 Å². The lowest BCUT2D eigenvalue weighted by molar-refractivity contribution is 0.0791. The molecule has 0 aliphatic carbocycles. The zero-order chi connectivity index (χ0) is 14.0. The van der Waals surface area contributed by atoms with Crippen LogP contribution in [0.5, 0.6) is 11.5 Å². The quantitative estimate of drug-likeness (QED) is 0.812. The van der Waals surface area contributed by atoms with Gasteiger partial charge in [-0.25, -0.2) is 0 Å². The molecule has 0 spiro atoms. The van der Waals surface area contributed by atoms with Gasteiger partial charge in [-0.2, -0.15) is 17.0 Å². The van der Waals surface area contributed by atoms with E-state index in [-0.39, 0.29) is 12.6 Å². The Balaban J connectivity index is 2.03. The number of para-hydroxylation sites is 2. The van der Waals surface area contributed by atoms with E-state index in [9.17, 15) is 8.42 Å². The van der Waals surface area contributed by atoms with E-state index in [0.717, 1.165) is 0 Å². The summed E-state index contributed by atoms with van der Waals surface area (Å²) in [6, 6.07) is 7.35. The van der Waals surface area contributed by atoms with Crippen LogP contribution in [-0.4, -0.2) is 57.4 Å². The minimum Gasteiger partial charge on any atom is -0.486 e. The van der Waals surface area contributed by atoms with Gasteiger partial charge >= 0.3 is 0 Å². The molecule has 0 N–H and O–H groups in total. The first-order valence-electron chi connectivity index (χ1n) is 5.93. The number of likely N-dealkylation sites (N-methyl/N-ethyl adjacent to an activating group) is 1. The van der Waals surface area contributed by atoms with Gasteiger partial charge in [0.2, 0.25) is 0 Å². The van der Waals surface area contributed by atoms with Crippen LogP contribution in [0.2, 0.25) is 0 Å². The molecule has 1 aliphatic heterocycles. The van der Waals surface area contributed by atoms with Crippen LogP contribution in [0.1, 0.15) is 0 Å². The molecule has 0 fully saturated rings. The van der Waals surface area contributed by atoms with Crippen molar-refractivity contribution in [3.63, 3.8) is 0 Å². The number of hydrogen-bond acceptors (Lipinski definition) is 4. The van der Waals surface area contributed by atoms with Crippen molar-refractivity contribution in [2.45, 2.75) is 6.10 Å². The molecule has 0 aromatic heterocycles. The number of nitrogens with zero attached hydrogens (tertiary/aromatic N) is 2. The molecule has 1 atom stereocenters. The maximum absolute atomic E-state index is 11.9. The van der Waals surface area contributed by atoms with E-state index in [1.807, 2.05) is 24.3 Å².